The molecule has 0 aliphatic carbocycles. The summed E-state index contributed by atoms with van der Waals surface area (Å²) in [5.41, 5.74) is 0. The lowest BCUT2D eigenvalue weighted by Crippen LogP contribution is -2.30. The van der Waals surface area contributed by atoms with Gasteiger partial charge in [-0.15, -0.1) is 0 Å². The first-order chi connectivity index (χ1) is 53.8. The second-order valence-corrected chi connectivity index (χ2v) is 37.2. The van der Waals surface area contributed by atoms with Crippen molar-refractivity contribution in [3.63, 3.8) is 0 Å². The second kappa shape index (κ2) is 81.8. The lowest BCUT2D eigenvalue weighted by Gasteiger charge is -2.21. The maximum absolute atomic E-state index is 13.2. The molecule has 0 aromatic carbocycles. The van der Waals surface area contributed by atoms with Gasteiger partial charge in [0.1, 0.15) is 19.3 Å². The van der Waals surface area contributed by atoms with Crippen molar-refractivity contribution in [1.82, 2.24) is 0 Å². The second-order valence-electron chi connectivity index (χ2n) is 34.2. The van der Waals surface area contributed by atoms with Crippen LogP contribution in [0.3, 0.4) is 0 Å². The van der Waals surface area contributed by atoms with Crippen LogP contribution >= 0.6 is 15.6 Å². The Morgan fingerprint density at radius 2 is 0.459 bits per heavy atom. The van der Waals surface area contributed by atoms with Crippen LogP contribution in [0, 0.1) is 17.8 Å². The summed E-state index contributed by atoms with van der Waals surface area (Å²) in [7, 11) is -9.94. The zero-order valence-electron chi connectivity index (χ0n) is 73.4. The van der Waals surface area contributed by atoms with Crippen LogP contribution in [0.15, 0.2) is 0 Å². The minimum Gasteiger partial charge on any atom is -0.462 e. The number of carbonyl (C=O) groups excluding carboxylic acids is 4. The monoisotopic (exact) mass is 1620 g/mol. The summed E-state index contributed by atoms with van der Waals surface area (Å²) in [6.45, 7) is 12.1. The van der Waals surface area contributed by atoms with Crippen molar-refractivity contribution < 1.29 is 80.2 Å². The topological polar surface area (TPSA) is 237 Å². The largest absolute Gasteiger partial charge is 0.472 e. The number of hydrogen-bond donors (Lipinski definition) is 3. The van der Waals surface area contributed by atoms with Gasteiger partial charge in [-0.3, -0.25) is 37.3 Å². The molecule has 6 atom stereocenters. The van der Waals surface area contributed by atoms with E-state index in [2.05, 4.69) is 48.5 Å². The molecule has 0 saturated heterocycles. The number of ether oxygens (including phenoxy) is 4. The van der Waals surface area contributed by atoms with Crippen molar-refractivity contribution in [2.24, 2.45) is 17.8 Å². The van der Waals surface area contributed by atoms with E-state index in [-0.39, 0.29) is 25.7 Å². The molecular formula is C92H180O17P2. The third-order valence-corrected chi connectivity index (χ3v) is 23.9. The van der Waals surface area contributed by atoms with Crippen LogP contribution in [0.25, 0.3) is 0 Å². The van der Waals surface area contributed by atoms with Crippen LogP contribution < -0.4 is 0 Å². The van der Waals surface area contributed by atoms with Crippen molar-refractivity contribution in [1.29, 1.82) is 0 Å². The molecule has 111 heavy (non-hydrogen) atoms. The van der Waals surface area contributed by atoms with Crippen LogP contribution in [0.5, 0.6) is 0 Å². The number of aliphatic hydroxyl groups excluding tert-OH is 1. The summed E-state index contributed by atoms with van der Waals surface area (Å²) in [6.07, 6.45) is 74.9. The maximum Gasteiger partial charge on any atom is 0.472 e. The van der Waals surface area contributed by atoms with Gasteiger partial charge in [0.05, 0.1) is 26.4 Å². The van der Waals surface area contributed by atoms with Crippen molar-refractivity contribution in [2.75, 3.05) is 39.6 Å². The van der Waals surface area contributed by atoms with Gasteiger partial charge in [-0.1, -0.05) is 440 Å². The average molecular weight is 1620 g/mol. The standard InChI is InChI=1S/C92H180O17P2/c1-8-10-11-12-13-14-15-28-38-45-52-59-66-73-89(94)102-79-87(109-92(97)76-69-62-55-48-41-34-27-26-30-36-43-50-57-64-71-84(5)6)81-106-110(98,99)104-77-86(93)78-105-111(100,101)107-82-88(80-103-90(95)74-67-60-53-46-39-32-24-21-20-22-29-35-42-49-56-63-70-83(3)4)108-91(96)75-68-61-54-47-40-33-25-19-17-16-18-23-31-37-44-51-58-65-72-85(7)9-2/h83-88,93H,8-82H2,1-7H3,(H,98,99)(H,100,101)/t85?,86-,87+,88+/m0/s1. The highest BCUT2D eigenvalue weighted by Gasteiger charge is 2.31. The number of rotatable bonds is 90. The first-order valence-corrected chi connectivity index (χ1v) is 50.4. The van der Waals surface area contributed by atoms with E-state index in [1.807, 2.05) is 0 Å². The Kier molecular flexibility index (Phi) is 80.4. The van der Waals surface area contributed by atoms with Gasteiger partial charge < -0.3 is 33.8 Å². The van der Waals surface area contributed by atoms with E-state index in [1.54, 1.807) is 0 Å². The number of aliphatic hydroxyl groups is 1. The Bertz CT molecular complexity index is 2130. The highest BCUT2D eigenvalue weighted by Crippen LogP contribution is 2.45. The van der Waals surface area contributed by atoms with Crippen molar-refractivity contribution in [2.45, 2.75) is 510 Å². The average Bonchev–Trinajstić information content (AvgIpc) is 0.895. The summed E-state index contributed by atoms with van der Waals surface area (Å²) >= 11 is 0. The summed E-state index contributed by atoms with van der Waals surface area (Å²) < 4.78 is 69.1. The fourth-order valence-electron chi connectivity index (χ4n) is 14.4. The number of unbranched alkanes of at least 4 members (excludes halogenated alkanes) is 57. The van der Waals surface area contributed by atoms with E-state index in [4.69, 9.17) is 37.0 Å². The van der Waals surface area contributed by atoms with E-state index in [9.17, 15) is 43.2 Å². The molecule has 0 bridgehead atoms. The number of phosphoric acid groups is 2. The Hall–Kier alpha value is -1.94. The van der Waals surface area contributed by atoms with E-state index in [0.29, 0.717) is 25.7 Å². The molecule has 0 aliphatic rings. The minimum absolute atomic E-state index is 0.108. The Morgan fingerprint density at radius 3 is 0.685 bits per heavy atom. The van der Waals surface area contributed by atoms with Crippen LogP contribution in [0.2, 0.25) is 0 Å². The van der Waals surface area contributed by atoms with Gasteiger partial charge in [0.15, 0.2) is 12.2 Å². The van der Waals surface area contributed by atoms with Crippen LogP contribution in [0.4, 0.5) is 0 Å². The summed E-state index contributed by atoms with van der Waals surface area (Å²) in [5.74, 6) is 0.384. The number of hydrogen-bond acceptors (Lipinski definition) is 15. The molecule has 0 spiro atoms. The van der Waals surface area contributed by atoms with Gasteiger partial charge in [-0.2, -0.15) is 0 Å². The summed E-state index contributed by atoms with van der Waals surface area (Å²) in [5, 5.41) is 10.7. The Balaban J connectivity index is 5.26. The highest BCUT2D eigenvalue weighted by molar-refractivity contribution is 7.47. The molecule has 0 heterocycles. The SMILES string of the molecule is CCCCCCCCCCCCCCCC(=O)OC[C@H](COP(=O)(O)OC[C@H](O)COP(=O)(O)OC[C@@H](COC(=O)CCCCCCCCCCCCCCCCCCC(C)C)OC(=O)CCCCCCCCCCCCCCCCCCCCC(C)CC)OC(=O)CCCCCCCCCCCCCCCCC(C)C. The first kappa shape index (κ1) is 109. The molecule has 0 aliphatic heterocycles. The van der Waals surface area contributed by atoms with E-state index in [1.165, 1.54) is 302 Å². The van der Waals surface area contributed by atoms with Crippen LogP contribution in [-0.4, -0.2) is 96.7 Å². The zero-order chi connectivity index (χ0) is 81.5. The third-order valence-electron chi connectivity index (χ3n) is 22.0. The predicted molar refractivity (Wildman–Crippen MR) is 460 cm³/mol. The lowest BCUT2D eigenvalue weighted by atomic mass is 9.99. The molecule has 17 nitrogen and oxygen atoms in total. The molecule has 3 unspecified atom stereocenters. The summed E-state index contributed by atoms with van der Waals surface area (Å²) in [4.78, 5) is 73.5. The smallest absolute Gasteiger partial charge is 0.462 e. The number of carbonyl (C=O) groups is 4. The fourth-order valence-corrected chi connectivity index (χ4v) is 16.0. The van der Waals surface area contributed by atoms with Crippen LogP contribution in [0.1, 0.15) is 492 Å². The van der Waals surface area contributed by atoms with Gasteiger partial charge in [0, 0.05) is 25.7 Å². The number of esters is 4. The zero-order valence-corrected chi connectivity index (χ0v) is 75.2. The highest BCUT2D eigenvalue weighted by atomic mass is 31.2. The molecule has 0 aromatic heterocycles. The van der Waals surface area contributed by atoms with Gasteiger partial charge in [0.2, 0.25) is 0 Å². The number of phosphoric ester groups is 2. The first-order valence-electron chi connectivity index (χ1n) is 47.4. The van der Waals surface area contributed by atoms with Gasteiger partial charge in [-0.25, -0.2) is 9.13 Å². The van der Waals surface area contributed by atoms with Crippen molar-refractivity contribution in [3.05, 3.63) is 0 Å². The van der Waals surface area contributed by atoms with Crippen LogP contribution in [-0.2, 0) is 65.4 Å². The van der Waals surface area contributed by atoms with E-state index >= 15 is 0 Å². The molecule has 0 amide bonds. The normalized spacial score (nSPS) is 14.0. The Labute approximate surface area is 683 Å². The molecule has 660 valence electrons. The van der Waals surface area contributed by atoms with E-state index < -0.39 is 97.5 Å². The van der Waals surface area contributed by atoms with Crippen molar-refractivity contribution in [3.8, 4) is 0 Å². The van der Waals surface area contributed by atoms with E-state index in [0.717, 1.165) is 108 Å². The fraction of sp³-hybridized carbons (Fsp3) is 0.957. The van der Waals surface area contributed by atoms with Gasteiger partial charge in [0.25, 0.3) is 0 Å². The molecular weight excluding hydrogens is 1440 g/mol. The van der Waals surface area contributed by atoms with Gasteiger partial charge >= 0.3 is 39.5 Å². The molecule has 0 saturated carbocycles. The molecule has 0 rings (SSSR count). The maximum atomic E-state index is 13.2. The predicted octanol–water partition coefficient (Wildman–Crippen LogP) is 28.4. The minimum atomic E-state index is -4.97. The van der Waals surface area contributed by atoms with Gasteiger partial charge in [-0.05, 0) is 43.4 Å². The molecule has 19 heteroatoms. The quantitative estimate of drug-likeness (QED) is 0.0222. The Morgan fingerprint density at radius 1 is 0.261 bits per heavy atom. The molecule has 3 N–H and O–H groups in total. The summed E-state index contributed by atoms with van der Waals surface area (Å²) in [6, 6.07) is 0. The third kappa shape index (κ3) is 84.3. The lowest BCUT2D eigenvalue weighted by molar-refractivity contribution is -0.161. The molecule has 0 fully saturated rings. The molecule has 0 aromatic rings. The van der Waals surface area contributed by atoms with Crippen molar-refractivity contribution >= 4 is 39.5 Å². The molecule has 0 radical (unpaired) electrons.